The molecule has 1 amide bonds. The topological polar surface area (TPSA) is 75.7 Å². The fourth-order valence-corrected chi connectivity index (χ4v) is 2.50. The molecule has 0 saturated heterocycles. The van der Waals surface area contributed by atoms with Crippen LogP contribution in [0.5, 0.6) is 0 Å². The van der Waals surface area contributed by atoms with Crippen molar-refractivity contribution < 1.29 is 19.1 Å². The van der Waals surface area contributed by atoms with Crippen LogP contribution in [0.25, 0.3) is 0 Å². The molecule has 0 aromatic heterocycles. The van der Waals surface area contributed by atoms with Crippen LogP contribution in [-0.2, 0) is 19.1 Å². The van der Waals surface area contributed by atoms with Gasteiger partial charge < -0.3 is 19.7 Å². The summed E-state index contributed by atoms with van der Waals surface area (Å²) in [6.07, 6.45) is 2.39. The van der Waals surface area contributed by atoms with Gasteiger partial charge in [0.1, 0.15) is 0 Å². The highest BCUT2D eigenvalue weighted by Gasteiger charge is 2.35. The van der Waals surface area contributed by atoms with E-state index >= 15 is 0 Å². The van der Waals surface area contributed by atoms with E-state index in [0.717, 1.165) is 0 Å². The number of nitrogens with one attached hydrogen (secondary N) is 1. The molecule has 1 radical (unpaired) electrons. The van der Waals surface area contributed by atoms with Crippen LogP contribution in [0.2, 0.25) is 0 Å². The smallest absolute Gasteiger partial charge is 0.333 e. The average Bonchev–Trinajstić information content (AvgIpc) is 2.50. The van der Waals surface area contributed by atoms with Gasteiger partial charge in [0.2, 0.25) is 5.91 Å². The van der Waals surface area contributed by atoms with Crippen molar-refractivity contribution in [3.63, 3.8) is 0 Å². The molecule has 0 heterocycles. The first kappa shape index (κ1) is 23.4. The first-order chi connectivity index (χ1) is 11.5. The molecule has 0 fully saturated rings. The molecule has 7 heteroatoms. The van der Waals surface area contributed by atoms with Crippen LogP contribution in [0.3, 0.4) is 0 Å². The molecule has 0 aliphatic rings. The summed E-state index contributed by atoms with van der Waals surface area (Å²) < 4.78 is 5.01. The van der Waals surface area contributed by atoms with Crippen molar-refractivity contribution in [2.24, 2.45) is 11.3 Å². The van der Waals surface area contributed by atoms with Gasteiger partial charge in [0.05, 0.1) is 24.9 Å². The van der Waals surface area contributed by atoms with Gasteiger partial charge in [-0.1, -0.05) is 40.7 Å². The highest BCUT2D eigenvalue weighted by atomic mass is 16.5. The second kappa shape index (κ2) is 10.4. The van der Waals surface area contributed by atoms with E-state index in [1.54, 1.807) is 31.9 Å². The first-order valence-electron chi connectivity index (χ1n) is 8.62. The first-order valence-corrected chi connectivity index (χ1v) is 8.62. The Labute approximate surface area is 152 Å². The monoisotopic (exact) mass is 351 g/mol. The number of nitrogens with zero attached hydrogens (tertiary/aromatic N) is 1. The van der Waals surface area contributed by atoms with Gasteiger partial charge >= 0.3 is 5.97 Å². The molecule has 0 aromatic carbocycles. The summed E-state index contributed by atoms with van der Waals surface area (Å²) in [6, 6.07) is -0.819. The molecule has 1 N–H and O–H groups in total. The van der Waals surface area contributed by atoms with E-state index in [4.69, 9.17) is 4.74 Å². The Balaban J connectivity index is 5.53. The SMILES string of the molecule is CCOC(=O)C(C)=C[C@H](C(C)C)N(C)C(=O)[C@@H](N[B]C=O)C(C)(C)C. The van der Waals surface area contributed by atoms with Crippen molar-refractivity contribution in [1.82, 2.24) is 10.1 Å². The summed E-state index contributed by atoms with van der Waals surface area (Å²) in [4.78, 5) is 37.1. The van der Waals surface area contributed by atoms with Crippen LogP contribution in [0.1, 0.15) is 48.5 Å². The molecule has 0 aliphatic carbocycles. The van der Waals surface area contributed by atoms with Crippen LogP contribution >= 0.6 is 0 Å². The number of carbonyl (C=O) groups excluding carboxylic acids is 3. The largest absolute Gasteiger partial charge is 0.463 e. The highest BCUT2D eigenvalue weighted by molar-refractivity contribution is 6.64. The van der Waals surface area contributed by atoms with Crippen molar-refractivity contribution in [3.05, 3.63) is 11.6 Å². The maximum atomic E-state index is 13.0. The Kier molecular flexibility index (Phi) is 9.71. The Morgan fingerprint density at radius 1 is 1.28 bits per heavy atom. The molecule has 0 bridgehead atoms. The summed E-state index contributed by atoms with van der Waals surface area (Å²) in [5, 5.41) is 2.88. The van der Waals surface area contributed by atoms with E-state index in [1.165, 1.54) is 7.41 Å². The summed E-state index contributed by atoms with van der Waals surface area (Å²) in [7, 11) is 2.95. The second-order valence-corrected chi connectivity index (χ2v) is 7.52. The molecule has 25 heavy (non-hydrogen) atoms. The van der Waals surface area contributed by atoms with E-state index in [-0.39, 0.29) is 29.3 Å². The quantitative estimate of drug-likeness (QED) is 0.297. The Bertz CT molecular complexity index is 498. The molecule has 0 saturated carbocycles. The minimum atomic E-state index is -0.555. The van der Waals surface area contributed by atoms with Crippen LogP contribution < -0.4 is 5.23 Å². The van der Waals surface area contributed by atoms with Gasteiger partial charge in [-0.15, -0.1) is 0 Å². The molecule has 2 atom stereocenters. The lowest BCUT2D eigenvalue weighted by Crippen LogP contribution is -2.56. The van der Waals surface area contributed by atoms with Crippen LogP contribution in [0.4, 0.5) is 0 Å². The standard InChI is InChI=1S/C18H32BN2O4/c1-9-25-17(24)13(4)10-14(12(2)3)21(8)16(23)15(18(5,6)7)20-19-11-22/h10-12,14-15,20H,9H2,1-8H3/t14-,15-/m1/s1. The van der Waals surface area contributed by atoms with E-state index in [0.29, 0.717) is 18.4 Å². The number of esters is 1. The molecular weight excluding hydrogens is 319 g/mol. The lowest BCUT2D eigenvalue weighted by molar-refractivity contribution is -0.139. The number of rotatable bonds is 9. The average molecular weight is 351 g/mol. The minimum absolute atomic E-state index is 0.106. The lowest BCUT2D eigenvalue weighted by atomic mass is 9.81. The fraction of sp³-hybridized carbons (Fsp3) is 0.722. The maximum absolute atomic E-state index is 13.0. The highest BCUT2D eigenvalue weighted by Crippen LogP contribution is 2.23. The zero-order valence-electron chi connectivity index (χ0n) is 16.8. The number of likely N-dealkylation sites (N-methyl/N-ethyl adjacent to an activating group) is 1. The van der Waals surface area contributed by atoms with E-state index in [1.807, 2.05) is 34.6 Å². The van der Waals surface area contributed by atoms with Crippen molar-refractivity contribution >= 4 is 25.5 Å². The van der Waals surface area contributed by atoms with Crippen molar-refractivity contribution in [2.75, 3.05) is 13.7 Å². The normalized spacial score (nSPS) is 14.7. The lowest BCUT2D eigenvalue weighted by Gasteiger charge is -2.37. The van der Waals surface area contributed by atoms with E-state index in [2.05, 4.69) is 5.23 Å². The summed E-state index contributed by atoms with van der Waals surface area (Å²) in [5.74, 6) is -0.417. The van der Waals surface area contributed by atoms with Gasteiger partial charge in [-0.05, 0) is 25.2 Å². The molecule has 0 spiro atoms. The molecule has 6 nitrogen and oxygen atoms in total. The molecule has 0 unspecified atom stereocenters. The minimum Gasteiger partial charge on any atom is -0.463 e. The van der Waals surface area contributed by atoms with Crippen LogP contribution in [0, 0.1) is 11.3 Å². The zero-order valence-corrected chi connectivity index (χ0v) is 16.8. The van der Waals surface area contributed by atoms with E-state index in [9.17, 15) is 14.4 Å². The number of hydrogen-bond donors (Lipinski definition) is 1. The molecule has 141 valence electrons. The Morgan fingerprint density at radius 3 is 2.24 bits per heavy atom. The summed E-state index contributed by atoms with van der Waals surface area (Å²) in [6.45, 7) is 13.5. The summed E-state index contributed by atoms with van der Waals surface area (Å²) >= 11 is 0. The van der Waals surface area contributed by atoms with Gasteiger partial charge in [-0.3, -0.25) is 4.79 Å². The molecule has 0 rings (SSSR count). The predicted molar refractivity (Wildman–Crippen MR) is 101 cm³/mol. The predicted octanol–water partition coefficient (Wildman–Crippen LogP) is 1.79. The second-order valence-electron chi connectivity index (χ2n) is 7.52. The number of ether oxygens (including phenoxy) is 1. The summed E-state index contributed by atoms with van der Waals surface area (Å²) in [5.41, 5.74) is 0.0895. The maximum Gasteiger partial charge on any atom is 0.333 e. The number of hydrogen-bond acceptors (Lipinski definition) is 5. The van der Waals surface area contributed by atoms with Gasteiger partial charge in [0.15, 0.2) is 0 Å². The molecule has 0 aromatic rings. The number of carbonyl (C=O) groups is 3. The third kappa shape index (κ3) is 7.42. The van der Waals surface area contributed by atoms with E-state index < -0.39 is 6.04 Å². The van der Waals surface area contributed by atoms with Crippen molar-refractivity contribution in [2.45, 2.75) is 60.5 Å². The fourth-order valence-electron chi connectivity index (χ4n) is 2.50. The third-order valence-electron chi connectivity index (χ3n) is 3.94. The van der Waals surface area contributed by atoms with Crippen LogP contribution in [-0.4, -0.2) is 56.1 Å². The number of amides is 1. The van der Waals surface area contributed by atoms with Gasteiger partial charge in [-0.25, -0.2) is 4.79 Å². The Hall–Kier alpha value is -1.63. The van der Waals surface area contributed by atoms with Gasteiger partial charge in [-0.2, -0.15) is 0 Å². The Morgan fingerprint density at radius 2 is 1.84 bits per heavy atom. The molecular formula is C18H32BN2O4. The van der Waals surface area contributed by atoms with Crippen LogP contribution in [0.15, 0.2) is 11.6 Å². The third-order valence-corrected chi connectivity index (χ3v) is 3.94. The molecule has 0 aliphatic heterocycles. The van der Waals surface area contributed by atoms with Crippen molar-refractivity contribution in [1.29, 1.82) is 0 Å². The van der Waals surface area contributed by atoms with Gasteiger partial charge in [0.25, 0.3) is 7.41 Å². The van der Waals surface area contributed by atoms with Gasteiger partial charge in [0, 0.05) is 12.6 Å². The van der Waals surface area contributed by atoms with Crippen molar-refractivity contribution in [3.8, 4) is 0 Å². The zero-order chi connectivity index (χ0) is 19.8.